The van der Waals surface area contributed by atoms with Gasteiger partial charge in [-0.05, 0) is 54.2 Å². The molecular formula is C32H29FN6Na2O7S3. The second-order valence-electron chi connectivity index (χ2n) is 12.2. The molecule has 13 nitrogen and oxygen atoms in total. The van der Waals surface area contributed by atoms with E-state index in [-0.39, 0.29) is 101 Å². The predicted molar refractivity (Wildman–Crippen MR) is 180 cm³/mol. The van der Waals surface area contributed by atoms with Gasteiger partial charge in [-0.2, -0.15) is 0 Å². The number of benzene rings is 1. The number of pyridine rings is 1. The van der Waals surface area contributed by atoms with Crippen LogP contribution in [-0.4, -0.2) is 93.1 Å². The summed E-state index contributed by atoms with van der Waals surface area (Å²) >= 11 is 8.39. The van der Waals surface area contributed by atoms with Crippen molar-refractivity contribution < 1.29 is 92.9 Å². The molecule has 2 amide bonds. The minimum absolute atomic E-state index is 0. The van der Waals surface area contributed by atoms with Gasteiger partial charge in [-0.25, -0.2) is 4.39 Å². The third kappa shape index (κ3) is 7.92. The molecule has 19 heteroatoms. The van der Waals surface area contributed by atoms with Crippen LogP contribution in [-0.2, 0) is 20.8 Å². The monoisotopic (exact) mass is 770 g/mol. The molecule has 2 N–H and O–H groups in total. The molecular weight excluding hydrogens is 742 g/mol. The second kappa shape index (κ2) is 16.3. The number of hydrogen-bond donors (Lipinski definition) is 2. The van der Waals surface area contributed by atoms with Crippen molar-refractivity contribution in [3.05, 3.63) is 73.6 Å². The number of anilines is 1. The van der Waals surface area contributed by atoms with Gasteiger partial charge in [-0.3, -0.25) is 19.3 Å². The summed E-state index contributed by atoms with van der Waals surface area (Å²) in [4.78, 5) is 67.7. The molecule has 2 aromatic heterocycles. The molecule has 0 radical (unpaired) electrons. The molecule has 51 heavy (non-hydrogen) atoms. The van der Waals surface area contributed by atoms with Crippen LogP contribution in [0.3, 0.4) is 0 Å². The average Bonchev–Trinajstić information content (AvgIpc) is 3.80. The maximum atomic E-state index is 15.4. The van der Waals surface area contributed by atoms with Crippen molar-refractivity contribution in [1.82, 2.24) is 25.0 Å². The summed E-state index contributed by atoms with van der Waals surface area (Å²) < 4.78 is 17.1. The maximum Gasteiger partial charge on any atom is 1.00 e. The van der Waals surface area contributed by atoms with E-state index >= 15 is 4.39 Å². The number of thiophene rings is 1. The van der Waals surface area contributed by atoms with E-state index in [1.165, 1.54) is 34.2 Å². The van der Waals surface area contributed by atoms with Crippen LogP contribution in [0.5, 0.6) is 0 Å². The number of fused-ring (bicyclic) bond motifs is 2. The number of halogens is 1. The number of thioether (sulfide) groups is 1. The summed E-state index contributed by atoms with van der Waals surface area (Å²) in [6, 6.07) is 5.55. The minimum Gasteiger partial charge on any atom is -0.545 e. The summed E-state index contributed by atoms with van der Waals surface area (Å²) in [5.41, 5.74) is -0.312. The zero-order valence-corrected chi connectivity index (χ0v) is 34.3. The van der Waals surface area contributed by atoms with Crippen molar-refractivity contribution in [2.24, 2.45) is 0 Å². The zero-order chi connectivity index (χ0) is 34.6. The Morgan fingerprint density at radius 3 is 2.39 bits per heavy atom. The molecule has 0 unspecified atom stereocenters. The molecule has 7 rings (SSSR count). The maximum absolute atomic E-state index is 15.4. The fraction of sp³-hybridized carbons (Fsp3) is 0.375. The van der Waals surface area contributed by atoms with Gasteiger partial charge in [0.2, 0.25) is 5.91 Å². The molecule has 0 spiro atoms. The third-order valence-corrected chi connectivity index (χ3v) is 11.7. The van der Waals surface area contributed by atoms with Crippen LogP contribution in [0.1, 0.15) is 34.1 Å². The summed E-state index contributed by atoms with van der Waals surface area (Å²) in [5.74, 6) is -4.27. The Morgan fingerprint density at radius 1 is 1.04 bits per heavy atom. The van der Waals surface area contributed by atoms with E-state index < -0.39 is 46.1 Å². The summed E-state index contributed by atoms with van der Waals surface area (Å²) in [6.07, 6.45) is 3.07. The largest absolute Gasteiger partial charge is 1.00 e. The number of aromatic nitrogens is 1. The normalized spacial score (nSPS) is 19.8. The number of amides is 2. The van der Waals surface area contributed by atoms with Gasteiger partial charge in [0.15, 0.2) is 10.5 Å². The molecule has 4 aliphatic rings. The number of aliphatic carboxylic acids is 1. The second-order valence-corrected chi connectivity index (χ2v) is 14.7. The van der Waals surface area contributed by atoms with E-state index in [1.807, 2.05) is 27.3 Å². The quantitative estimate of drug-likeness (QED) is 0.120. The molecule has 256 valence electrons. The smallest absolute Gasteiger partial charge is 0.545 e. The van der Waals surface area contributed by atoms with Crippen LogP contribution in [0, 0.1) is 5.82 Å². The minimum atomic E-state index is -1.60. The third-order valence-electron chi connectivity index (χ3n) is 9.09. The Bertz CT molecular complexity index is 2000. The van der Waals surface area contributed by atoms with Crippen molar-refractivity contribution in [3.63, 3.8) is 0 Å². The number of aromatic carboxylic acids is 1. The first-order valence-corrected chi connectivity index (χ1v) is 17.9. The van der Waals surface area contributed by atoms with Gasteiger partial charge in [-0.1, -0.05) is 6.07 Å². The topological polar surface area (TPSA) is 170 Å². The molecule has 2 saturated heterocycles. The SMILES string of the molecule is O=C(Cc1cccs1)N[C@@H]1C(=O)N2C(C(=O)[O-])=C(CNC(=S)N3CCN(c4cc5c(cc4F)c(=O)c(C(=O)[O-])cn5C4CC4)CC3)CS[C@H]12.[Na+].[Na+]. The Labute approximate surface area is 349 Å². The predicted octanol–water partition coefficient (Wildman–Crippen LogP) is -6.45. The average molecular weight is 771 g/mol. The van der Waals surface area contributed by atoms with Crippen molar-refractivity contribution in [2.45, 2.75) is 36.7 Å². The number of carboxylic acid groups (broad SMARTS) is 2. The summed E-state index contributed by atoms with van der Waals surface area (Å²) in [6.45, 7) is 1.68. The first kappa shape index (κ1) is 39.7. The van der Waals surface area contributed by atoms with E-state index in [0.29, 0.717) is 48.1 Å². The molecule has 3 fully saturated rings. The number of hydrogen-bond acceptors (Lipinski definition) is 11. The van der Waals surface area contributed by atoms with Crippen LogP contribution >= 0.6 is 35.3 Å². The van der Waals surface area contributed by atoms with Crippen LogP contribution in [0.2, 0.25) is 0 Å². The Balaban J connectivity index is 0.00000252. The van der Waals surface area contributed by atoms with E-state index in [0.717, 1.165) is 23.8 Å². The molecule has 1 saturated carbocycles. The van der Waals surface area contributed by atoms with E-state index in [4.69, 9.17) is 12.2 Å². The molecule has 1 aliphatic carbocycles. The van der Waals surface area contributed by atoms with Gasteiger partial charge in [0.05, 0.1) is 40.8 Å². The molecule has 0 bridgehead atoms. The van der Waals surface area contributed by atoms with Crippen LogP contribution in [0.15, 0.2) is 51.9 Å². The van der Waals surface area contributed by atoms with Crippen molar-refractivity contribution in [3.8, 4) is 0 Å². The number of thiocarbonyl (C=S) groups is 1. The van der Waals surface area contributed by atoms with Crippen LogP contribution in [0.25, 0.3) is 10.9 Å². The van der Waals surface area contributed by atoms with Crippen molar-refractivity contribution in [1.29, 1.82) is 0 Å². The number of carbonyl (C=O) groups excluding carboxylic acids is 4. The van der Waals surface area contributed by atoms with E-state index in [2.05, 4.69) is 10.6 Å². The number of carbonyl (C=O) groups is 4. The standard InChI is InChI=1S/C32H31FN6O7S3.2Na/c33-21-11-19-22(38(17-3-4-17)14-20(27(19)41)30(43)44)12-23(21)36-5-7-37(8-6-36)32(47)34-13-16-15-49-29-25(28(42)39(29)26(16)31(45)46)35-24(40)10-18-2-1-9-48-18;;/h1-2,9,11-12,14,17,25,29H,3-8,10,13,15H2,(H,34,47)(H,35,40)(H,43,44)(H,45,46);;/q;2*+1/p-2/t25-,29-;;/m1../s1. The van der Waals surface area contributed by atoms with Gasteiger partial charge in [0.25, 0.3) is 5.91 Å². The molecule has 3 aliphatic heterocycles. The van der Waals surface area contributed by atoms with E-state index in [9.17, 15) is 34.2 Å². The van der Waals surface area contributed by atoms with Gasteiger partial charge in [0, 0.05) is 61.0 Å². The van der Waals surface area contributed by atoms with Gasteiger partial charge in [0.1, 0.15) is 17.2 Å². The molecule has 1 aromatic carbocycles. The van der Waals surface area contributed by atoms with Crippen LogP contribution < -0.4 is 90.3 Å². The Morgan fingerprint density at radius 2 is 1.76 bits per heavy atom. The van der Waals surface area contributed by atoms with E-state index in [1.54, 1.807) is 10.6 Å². The molecule has 5 heterocycles. The summed E-state index contributed by atoms with van der Waals surface area (Å²) in [7, 11) is 0. The number of nitrogens with one attached hydrogen (secondary N) is 2. The molecule has 2 atom stereocenters. The number of nitrogens with zero attached hydrogens (tertiary/aromatic N) is 4. The van der Waals surface area contributed by atoms with Crippen molar-refractivity contribution >= 4 is 80.8 Å². The molecule has 3 aromatic rings. The van der Waals surface area contributed by atoms with Gasteiger partial charge in [-0.15, -0.1) is 23.1 Å². The van der Waals surface area contributed by atoms with Gasteiger partial charge >= 0.3 is 59.1 Å². The number of β-lactam (4-membered cyclic amide) rings is 1. The first-order valence-electron chi connectivity index (χ1n) is 15.6. The number of carboxylic acids is 2. The number of piperazine rings is 1. The summed E-state index contributed by atoms with van der Waals surface area (Å²) in [5, 5.41) is 31.2. The fourth-order valence-electron chi connectivity index (χ4n) is 6.45. The van der Waals surface area contributed by atoms with Crippen molar-refractivity contribution in [2.75, 3.05) is 43.4 Å². The first-order chi connectivity index (χ1) is 23.5. The van der Waals surface area contributed by atoms with Gasteiger partial charge < -0.3 is 44.8 Å². The fourth-order valence-corrected chi connectivity index (χ4v) is 8.75. The Kier molecular flexibility index (Phi) is 12.7. The number of rotatable bonds is 9. The Hall–Kier alpha value is -2.48. The van der Waals surface area contributed by atoms with Crippen LogP contribution in [0.4, 0.5) is 10.1 Å². The zero-order valence-electron chi connectivity index (χ0n) is 27.8.